The lowest BCUT2D eigenvalue weighted by atomic mass is 10.2. The van der Waals surface area contributed by atoms with Crippen LogP contribution >= 0.6 is 0 Å². The van der Waals surface area contributed by atoms with E-state index in [-0.39, 0.29) is 6.54 Å². The number of benzene rings is 1. The predicted molar refractivity (Wildman–Crippen MR) is 59.7 cm³/mol. The van der Waals surface area contributed by atoms with Crippen LogP contribution in [0.25, 0.3) is 0 Å². The van der Waals surface area contributed by atoms with Gasteiger partial charge in [0.25, 0.3) is 0 Å². The van der Waals surface area contributed by atoms with Gasteiger partial charge in [0, 0.05) is 24.8 Å². The molecule has 0 atom stereocenters. The number of hydrogen-bond acceptors (Lipinski definition) is 5. The summed E-state index contributed by atoms with van der Waals surface area (Å²) in [5.74, 6) is -0.432. The van der Waals surface area contributed by atoms with E-state index in [4.69, 9.17) is 0 Å². The minimum absolute atomic E-state index is 0.131. The summed E-state index contributed by atoms with van der Waals surface area (Å²) in [7, 11) is -2.51. The number of carbonyl (C=O) groups excluding carboxylic acids is 1. The van der Waals surface area contributed by atoms with Gasteiger partial charge in [0.1, 0.15) is 6.29 Å². The van der Waals surface area contributed by atoms with Gasteiger partial charge in [0.05, 0.1) is 15.9 Å². The smallest absolute Gasteiger partial charge is 0.150 e. The van der Waals surface area contributed by atoms with Crippen LogP contribution < -0.4 is 4.90 Å². The number of carbonyl (C=O) groups is 1. The van der Waals surface area contributed by atoms with Crippen LogP contribution in [-0.4, -0.2) is 38.6 Å². The third-order valence-corrected chi connectivity index (χ3v) is 2.83. The van der Waals surface area contributed by atoms with Gasteiger partial charge in [-0.25, -0.2) is 8.42 Å². The van der Waals surface area contributed by atoms with Gasteiger partial charge < -0.3 is 9.45 Å². The van der Waals surface area contributed by atoms with Crippen molar-refractivity contribution in [1.82, 2.24) is 0 Å². The standard InChI is InChI=1S/C10H13NO4S/c1-11(6-7-16(13,14)15)10-4-2-9(8-12)3-5-10/h2-5,8H,6-7H2,1H3,(H,13,14,15)/p-1. The SMILES string of the molecule is CN(CCS(=O)(=O)[O-])c1ccc(C=O)cc1. The Balaban J connectivity index is 2.66. The zero-order chi connectivity index (χ0) is 12.2. The molecular weight excluding hydrogens is 230 g/mol. The molecule has 0 spiro atoms. The van der Waals surface area contributed by atoms with Crippen molar-refractivity contribution in [3.05, 3.63) is 29.8 Å². The number of hydrogen-bond donors (Lipinski definition) is 0. The van der Waals surface area contributed by atoms with E-state index in [1.807, 2.05) is 0 Å². The Morgan fingerprint density at radius 3 is 2.31 bits per heavy atom. The van der Waals surface area contributed by atoms with E-state index in [1.54, 1.807) is 36.2 Å². The molecule has 0 N–H and O–H groups in total. The Bertz CT molecular complexity index is 452. The minimum Gasteiger partial charge on any atom is -0.748 e. The monoisotopic (exact) mass is 242 g/mol. The van der Waals surface area contributed by atoms with Crippen LogP contribution in [0.4, 0.5) is 5.69 Å². The van der Waals surface area contributed by atoms with E-state index in [1.165, 1.54) is 0 Å². The molecule has 0 fully saturated rings. The number of nitrogens with zero attached hydrogens (tertiary/aromatic N) is 1. The molecule has 0 amide bonds. The number of aldehydes is 1. The molecule has 88 valence electrons. The molecule has 16 heavy (non-hydrogen) atoms. The fourth-order valence-corrected chi connectivity index (χ4v) is 1.68. The summed E-state index contributed by atoms with van der Waals surface area (Å²) in [6.45, 7) is 0.131. The second-order valence-corrected chi connectivity index (χ2v) is 4.92. The highest BCUT2D eigenvalue weighted by molar-refractivity contribution is 7.85. The van der Waals surface area contributed by atoms with Crippen LogP contribution in [0.5, 0.6) is 0 Å². The van der Waals surface area contributed by atoms with Crippen LogP contribution in [0.2, 0.25) is 0 Å². The van der Waals surface area contributed by atoms with Crippen molar-refractivity contribution in [2.75, 3.05) is 24.2 Å². The maximum absolute atomic E-state index is 10.4. The second-order valence-electron chi connectivity index (χ2n) is 3.39. The van der Waals surface area contributed by atoms with Crippen molar-refractivity contribution in [3.63, 3.8) is 0 Å². The largest absolute Gasteiger partial charge is 0.748 e. The first-order valence-electron chi connectivity index (χ1n) is 4.62. The maximum atomic E-state index is 10.4. The Kier molecular flexibility index (Phi) is 4.03. The Hall–Kier alpha value is -1.40. The molecule has 0 aliphatic carbocycles. The average Bonchev–Trinajstić information content (AvgIpc) is 2.25. The van der Waals surface area contributed by atoms with Crippen molar-refractivity contribution >= 4 is 22.1 Å². The summed E-state index contributed by atoms with van der Waals surface area (Å²) in [5.41, 5.74) is 1.31. The fraction of sp³-hybridized carbons (Fsp3) is 0.300. The second kappa shape index (κ2) is 5.09. The highest BCUT2D eigenvalue weighted by Crippen LogP contribution is 2.12. The predicted octanol–water partition coefficient (Wildman–Crippen LogP) is 0.481. The van der Waals surface area contributed by atoms with Gasteiger partial charge in [-0.2, -0.15) is 0 Å². The zero-order valence-corrected chi connectivity index (χ0v) is 9.61. The molecule has 0 aromatic heterocycles. The molecule has 1 rings (SSSR count). The van der Waals surface area contributed by atoms with Gasteiger partial charge in [-0.1, -0.05) is 0 Å². The molecule has 1 aromatic rings. The number of rotatable bonds is 5. The van der Waals surface area contributed by atoms with E-state index in [0.29, 0.717) is 5.56 Å². The molecule has 0 bridgehead atoms. The third kappa shape index (κ3) is 4.00. The molecule has 1 aromatic carbocycles. The van der Waals surface area contributed by atoms with Crippen molar-refractivity contribution in [2.24, 2.45) is 0 Å². The maximum Gasteiger partial charge on any atom is 0.150 e. The van der Waals surface area contributed by atoms with E-state index in [0.717, 1.165) is 12.0 Å². The highest BCUT2D eigenvalue weighted by Gasteiger charge is 2.03. The van der Waals surface area contributed by atoms with Crippen LogP contribution in [-0.2, 0) is 10.1 Å². The Morgan fingerprint density at radius 2 is 1.88 bits per heavy atom. The van der Waals surface area contributed by atoms with Gasteiger partial charge in [-0.3, -0.25) is 4.79 Å². The molecular formula is C10H12NO4S-. The summed E-state index contributed by atoms with van der Waals surface area (Å²) < 4.78 is 31.3. The first-order chi connectivity index (χ1) is 7.42. The lowest BCUT2D eigenvalue weighted by Crippen LogP contribution is -2.25. The molecule has 0 unspecified atom stereocenters. The van der Waals surface area contributed by atoms with Crippen LogP contribution in [0, 0.1) is 0 Å². The summed E-state index contributed by atoms with van der Waals surface area (Å²) in [6, 6.07) is 6.65. The quantitative estimate of drug-likeness (QED) is 0.554. The van der Waals surface area contributed by atoms with Gasteiger partial charge in [-0.15, -0.1) is 0 Å². The molecule has 0 radical (unpaired) electrons. The van der Waals surface area contributed by atoms with E-state index in [2.05, 4.69) is 0 Å². The fourth-order valence-electron chi connectivity index (χ4n) is 1.19. The average molecular weight is 242 g/mol. The highest BCUT2D eigenvalue weighted by atomic mass is 32.2. The van der Waals surface area contributed by atoms with Gasteiger partial charge >= 0.3 is 0 Å². The molecule has 6 heteroatoms. The Morgan fingerprint density at radius 1 is 1.31 bits per heavy atom. The zero-order valence-electron chi connectivity index (χ0n) is 8.79. The van der Waals surface area contributed by atoms with E-state index >= 15 is 0 Å². The van der Waals surface area contributed by atoms with Gasteiger partial charge in [0.15, 0.2) is 0 Å². The van der Waals surface area contributed by atoms with Crippen molar-refractivity contribution in [2.45, 2.75) is 0 Å². The third-order valence-electron chi connectivity index (χ3n) is 2.15. The summed E-state index contributed by atoms with van der Waals surface area (Å²) in [6.07, 6.45) is 0.728. The minimum atomic E-state index is -4.19. The van der Waals surface area contributed by atoms with Crippen LogP contribution in [0.3, 0.4) is 0 Å². The molecule has 0 saturated carbocycles. The lowest BCUT2D eigenvalue weighted by molar-refractivity contribution is 0.112. The van der Waals surface area contributed by atoms with E-state index < -0.39 is 15.9 Å². The van der Waals surface area contributed by atoms with Crippen molar-refractivity contribution in [1.29, 1.82) is 0 Å². The van der Waals surface area contributed by atoms with Crippen LogP contribution in [0.1, 0.15) is 10.4 Å². The summed E-state index contributed by atoms with van der Waals surface area (Å²) in [5, 5.41) is 0. The van der Waals surface area contributed by atoms with Gasteiger partial charge in [-0.05, 0) is 24.3 Å². The summed E-state index contributed by atoms with van der Waals surface area (Å²) in [4.78, 5) is 12.1. The van der Waals surface area contributed by atoms with E-state index in [9.17, 15) is 17.8 Å². The number of anilines is 1. The summed E-state index contributed by atoms with van der Waals surface area (Å²) >= 11 is 0. The molecule has 0 aliphatic rings. The topological polar surface area (TPSA) is 77.5 Å². The molecule has 0 aliphatic heterocycles. The van der Waals surface area contributed by atoms with Crippen molar-refractivity contribution < 1.29 is 17.8 Å². The van der Waals surface area contributed by atoms with Crippen molar-refractivity contribution in [3.8, 4) is 0 Å². The van der Waals surface area contributed by atoms with Gasteiger partial charge in [0.2, 0.25) is 0 Å². The normalized spacial score (nSPS) is 11.1. The Labute approximate surface area is 94.4 Å². The first kappa shape index (κ1) is 12.7. The molecule has 0 heterocycles. The first-order valence-corrected chi connectivity index (χ1v) is 6.20. The lowest BCUT2D eigenvalue weighted by Gasteiger charge is -2.20. The van der Waals surface area contributed by atoms with Crippen LogP contribution in [0.15, 0.2) is 24.3 Å². The molecule has 5 nitrogen and oxygen atoms in total. The molecule has 0 saturated heterocycles.